The van der Waals surface area contributed by atoms with Gasteiger partial charge in [0.2, 0.25) is 5.95 Å². The van der Waals surface area contributed by atoms with Crippen LogP contribution in [0.5, 0.6) is 0 Å². The summed E-state index contributed by atoms with van der Waals surface area (Å²) in [6.07, 6.45) is 0. The van der Waals surface area contributed by atoms with E-state index in [0.717, 1.165) is 34.6 Å². The van der Waals surface area contributed by atoms with Gasteiger partial charge in [-0.15, -0.1) is 5.10 Å². The van der Waals surface area contributed by atoms with Crippen LogP contribution in [0.15, 0.2) is 47.3 Å². The van der Waals surface area contributed by atoms with Gasteiger partial charge in [-0.25, -0.2) is 18.9 Å². The number of nitrogen functional groups attached to an aromatic ring is 1. The Morgan fingerprint density at radius 2 is 1.88 bits per heavy atom. The van der Waals surface area contributed by atoms with Gasteiger partial charge in [-0.3, -0.25) is 4.98 Å². The summed E-state index contributed by atoms with van der Waals surface area (Å²) in [6, 6.07) is 13.8. The normalized spacial score (nSPS) is 16.5. The number of aromatic nitrogens is 5. The first-order chi connectivity index (χ1) is 15.5. The Hall–Kier alpha value is -3.56. The lowest BCUT2D eigenvalue weighted by Crippen LogP contribution is -2.45. The average Bonchev–Trinajstić information content (AvgIpc) is 3.10. The summed E-state index contributed by atoms with van der Waals surface area (Å²) in [5, 5.41) is 8.08. The molecule has 4 aromatic rings. The molecule has 4 heterocycles. The summed E-state index contributed by atoms with van der Waals surface area (Å²) in [5.74, 6) is 0.106. The second-order valence-electron chi connectivity index (χ2n) is 8.05. The number of nitrogens with zero attached hydrogens (tertiary/aromatic N) is 5. The SMILES string of the molecule is Cc1cc(-c2c(-c3ccccc3)nc(N)n3c(=O)n(C[C@@H]4COCCN4)nc23)cc(C)n1. The molecule has 1 aromatic carbocycles. The number of rotatable bonds is 4. The van der Waals surface area contributed by atoms with E-state index in [2.05, 4.69) is 15.3 Å². The van der Waals surface area contributed by atoms with Crippen molar-refractivity contribution in [3.63, 3.8) is 0 Å². The summed E-state index contributed by atoms with van der Waals surface area (Å²) in [5.41, 5.74) is 11.4. The fraction of sp³-hybridized carbons (Fsp3) is 0.304. The maximum absolute atomic E-state index is 13.3. The molecule has 5 rings (SSSR count). The number of nitrogens with two attached hydrogens (primary N) is 1. The third kappa shape index (κ3) is 3.65. The molecule has 1 aliphatic heterocycles. The number of nitrogens with one attached hydrogen (secondary N) is 1. The highest BCUT2D eigenvalue weighted by atomic mass is 16.5. The molecule has 0 saturated carbocycles. The van der Waals surface area contributed by atoms with Gasteiger partial charge < -0.3 is 15.8 Å². The molecule has 0 amide bonds. The first kappa shape index (κ1) is 20.3. The summed E-state index contributed by atoms with van der Waals surface area (Å²) in [6.45, 7) is 6.21. The van der Waals surface area contributed by atoms with Gasteiger partial charge in [-0.05, 0) is 31.5 Å². The van der Waals surface area contributed by atoms with Crippen molar-refractivity contribution in [3.8, 4) is 22.4 Å². The molecule has 9 nitrogen and oxygen atoms in total. The number of hydrogen-bond donors (Lipinski definition) is 2. The summed E-state index contributed by atoms with van der Waals surface area (Å²) >= 11 is 0. The summed E-state index contributed by atoms with van der Waals surface area (Å²) in [4.78, 5) is 22.4. The van der Waals surface area contributed by atoms with E-state index in [1.54, 1.807) is 0 Å². The molecular formula is C23H25N7O2. The van der Waals surface area contributed by atoms with Crippen molar-refractivity contribution in [1.29, 1.82) is 0 Å². The minimum atomic E-state index is -0.319. The smallest absolute Gasteiger partial charge is 0.353 e. The zero-order chi connectivity index (χ0) is 22.2. The Kier molecular flexibility index (Phi) is 5.20. The highest BCUT2D eigenvalue weighted by molar-refractivity contribution is 5.90. The minimum Gasteiger partial charge on any atom is -0.378 e. The van der Waals surface area contributed by atoms with Crippen molar-refractivity contribution in [2.24, 2.45) is 0 Å². The fourth-order valence-electron chi connectivity index (χ4n) is 4.22. The number of fused-ring (bicyclic) bond motifs is 1. The molecule has 1 atom stereocenters. The Bertz CT molecular complexity index is 1320. The van der Waals surface area contributed by atoms with Crippen LogP contribution >= 0.6 is 0 Å². The van der Waals surface area contributed by atoms with Gasteiger partial charge in [0, 0.05) is 23.5 Å². The Balaban J connectivity index is 1.77. The van der Waals surface area contributed by atoms with Crippen molar-refractivity contribution in [2.75, 3.05) is 25.5 Å². The lowest BCUT2D eigenvalue weighted by Gasteiger charge is -2.23. The van der Waals surface area contributed by atoms with Gasteiger partial charge in [0.25, 0.3) is 0 Å². The predicted octanol–water partition coefficient (Wildman–Crippen LogP) is 1.81. The molecule has 3 N–H and O–H groups in total. The second-order valence-corrected chi connectivity index (χ2v) is 8.05. The Labute approximate surface area is 184 Å². The van der Waals surface area contributed by atoms with Crippen molar-refractivity contribution in [3.05, 3.63) is 64.3 Å². The molecule has 1 saturated heterocycles. The Morgan fingerprint density at radius 1 is 1.12 bits per heavy atom. The van der Waals surface area contributed by atoms with Crippen molar-refractivity contribution >= 4 is 11.6 Å². The molecular weight excluding hydrogens is 406 g/mol. The number of morpholine rings is 1. The van der Waals surface area contributed by atoms with E-state index in [1.165, 1.54) is 9.08 Å². The first-order valence-corrected chi connectivity index (χ1v) is 10.6. The molecule has 0 radical (unpaired) electrons. The average molecular weight is 432 g/mol. The maximum Gasteiger partial charge on any atom is 0.353 e. The summed E-state index contributed by atoms with van der Waals surface area (Å²) in [7, 11) is 0. The molecule has 9 heteroatoms. The fourth-order valence-corrected chi connectivity index (χ4v) is 4.22. The number of hydrogen-bond acceptors (Lipinski definition) is 7. The molecule has 1 aliphatic rings. The van der Waals surface area contributed by atoms with Crippen molar-refractivity contribution in [1.82, 2.24) is 29.5 Å². The van der Waals surface area contributed by atoms with Crippen LogP contribution in [-0.4, -0.2) is 49.9 Å². The van der Waals surface area contributed by atoms with Gasteiger partial charge in [-0.2, -0.15) is 0 Å². The van der Waals surface area contributed by atoms with Crippen molar-refractivity contribution < 1.29 is 4.74 Å². The highest BCUT2D eigenvalue weighted by Gasteiger charge is 2.23. The van der Waals surface area contributed by atoms with Crippen LogP contribution in [0.1, 0.15) is 11.4 Å². The molecule has 0 bridgehead atoms. The third-order valence-corrected chi connectivity index (χ3v) is 5.56. The van der Waals surface area contributed by atoms with E-state index in [1.807, 2.05) is 56.3 Å². The topological polar surface area (TPSA) is 112 Å². The number of pyridine rings is 1. The van der Waals surface area contributed by atoms with Crippen LogP contribution in [0.4, 0.5) is 5.95 Å². The largest absolute Gasteiger partial charge is 0.378 e. The highest BCUT2D eigenvalue weighted by Crippen LogP contribution is 2.34. The monoisotopic (exact) mass is 431 g/mol. The van der Waals surface area contributed by atoms with E-state index in [9.17, 15) is 4.79 Å². The van der Waals surface area contributed by atoms with Crippen LogP contribution in [0.25, 0.3) is 28.0 Å². The number of benzene rings is 1. The predicted molar refractivity (Wildman–Crippen MR) is 122 cm³/mol. The van der Waals surface area contributed by atoms with Gasteiger partial charge in [0.05, 0.1) is 37.1 Å². The standard InChI is InChI=1S/C23H25N7O2/c1-14-10-17(11-15(2)26-14)19-20(16-6-4-3-5-7-16)27-22(24)30-21(19)28-29(23(30)31)12-18-13-32-9-8-25-18/h3-7,10-11,18,25H,8-9,12-13H2,1-2H3,(H2,24,27)/t18-/m1/s1. The summed E-state index contributed by atoms with van der Waals surface area (Å²) < 4.78 is 8.36. The second kappa shape index (κ2) is 8.18. The van der Waals surface area contributed by atoms with Crippen LogP contribution in [-0.2, 0) is 11.3 Å². The maximum atomic E-state index is 13.3. The zero-order valence-corrected chi connectivity index (χ0v) is 18.1. The van der Waals surface area contributed by atoms with E-state index >= 15 is 0 Å². The van der Waals surface area contributed by atoms with Crippen LogP contribution in [0.2, 0.25) is 0 Å². The molecule has 32 heavy (non-hydrogen) atoms. The quantitative estimate of drug-likeness (QED) is 0.507. The lowest BCUT2D eigenvalue weighted by molar-refractivity contribution is 0.0699. The first-order valence-electron chi connectivity index (χ1n) is 10.6. The number of aryl methyl sites for hydroxylation is 2. The minimum absolute atomic E-state index is 0.00278. The lowest BCUT2D eigenvalue weighted by atomic mass is 9.99. The zero-order valence-electron chi connectivity index (χ0n) is 18.1. The molecule has 3 aromatic heterocycles. The van der Waals surface area contributed by atoms with Crippen LogP contribution < -0.4 is 16.7 Å². The van der Waals surface area contributed by atoms with E-state index in [0.29, 0.717) is 31.1 Å². The van der Waals surface area contributed by atoms with Gasteiger partial charge in [0.1, 0.15) is 0 Å². The number of ether oxygens (including phenoxy) is 1. The van der Waals surface area contributed by atoms with E-state index in [4.69, 9.17) is 15.6 Å². The van der Waals surface area contributed by atoms with Gasteiger partial charge >= 0.3 is 5.69 Å². The van der Waals surface area contributed by atoms with Gasteiger partial charge in [-0.1, -0.05) is 30.3 Å². The van der Waals surface area contributed by atoms with Crippen LogP contribution in [0, 0.1) is 13.8 Å². The number of anilines is 1. The van der Waals surface area contributed by atoms with E-state index in [-0.39, 0.29) is 17.7 Å². The third-order valence-electron chi connectivity index (χ3n) is 5.56. The molecule has 1 fully saturated rings. The van der Waals surface area contributed by atoms with Crippen LogP contribution in [0.3, 0.4) is 0 Å². The molecule has 0 aliphatic carbocycles. The Morgan fingerprint density at radius 3 is 2.56 bits per heavy atom. The van der Waals surface area contributed by atoms with Gasteiger partial charge in [0.15, 0.2) is 5.65 Å². The molecule has 0 unspecified atom stereocenters. The van der Waals surface area contributed by atoms with Crippen molar-refractivity contribution in [2.45, 2.75) is 26.4 Å². The molecule has 164 valence electrons. The molecule has 0 spiro atoms. The van der Waals surface area contributed by atoms with E-state index < -0.39 is 0 Å².